The number of nitrogens with zero attached hydrogens (tertiary/aromatic N) is 1. The van der Waals surface area contributed by atoms with Crippen LogP contribution >= 0.6 is 0 Å². The minimum Gasteiger partial charge on any atom is -0.492 e. The molecule has 6 heteroatoms. The van der Waals surface area contributed by atoms with Gasteiger partial charge < -0.3 is 20.7 Å². The molecule has 1 unspecified atom stereocenters. The molecule has 0 spiro atoms. The van der Waals surface area contributed by atoms with Crippen molar-refractivity contribution in [1.29, 1.82) is 0 Å². The molecule has 0 heterocycles. The van der Waals surface area contributed by atoms with Crippen LogP contribution in [0.2, 0.25) is 0 Å². The summed E-state index contributed by atoms with van der Waals surface area (Å²) in [6, 6.07) is 8.17. The molecule has 1 aromatic rings. The van der Waals surface area contributed by atoms with Gasteiger partial charge in [-0.1, -0.05) is 24.6 Å². The topological polar surface area (TPSA) is 74.8 Å². The summed E-state index contributed by atoms with van der Waals surface area (Å²) < 4.78 is 5.65. The number of carbonyl (C=O) groups is 1. The lowest BCUT2D eigenvalue weighted by molar-refractivity contribution is -0.121. The molecule has 0 aliphatic rings. The van der Waals surface area contributed by atoms with Gasteiger partial charge in [0.25, 0.3) is 0 Å². The summed E-state index contributed by atoms with van der Waals surface area (Å²) in [7, 11) is 1.70. The summed E-state index contributed by atoms with van der Waals surface area (Å²) in [5.74, 6) is 1.57. The smallest absolute Gasteiger partial charge is 0.221 e. The Bertz CT molecular complexity index is 514. The number of hydrogen-bond donors (Lipinski definition) is 3. The van der Waals surface area contributed by atoms with Gasteiger partial charge in [-0.3, -0.25) is 9.79 Å². The van der Waals surface area contributed by atoms with Crippen molar-refractivity contribution in [3.05, 3.63) is 29.8 Å². The molecule has 0 aromatic heterocycles. The van der Waals surface area contributed by atoms with Gasteiger partial charge in [-0.25, -0.2) is 0 Å². The van der Waals surface area contributed by atoms with E-state index >= 15 is 0 Å². The van der Waals surface area contributed by atoms with Crippen LogP contribution in [-0.4, -0.2) is 44.7 Å². The minimum absolute atomic E-state index is 0.0509. The summed E-state index contributed by atoms with van der Waals surface area (Å²) >= 11 is 0. The highest BCUT2D eigenvalue weighted by atomic mass is 16.5. The molecule has 0 saturated heterocycles. The second kappa shape index (κ2) is 11.3. The number of rotatable bonds is 9. The van der Waals surface area contributed by atoms with Gasteiger partial charge in [0.1, 0.15) is 12.4 Å². The van der Waals surface area contributed by atoms with Gasteiger partial charge in [-0.05, 0) is 32.4 Å². The largest absolute Gasteiger partial charge is 0.492 e. The van der Waals surface area contributed by atoms with Crippen molar-refractivity contribution >= 4 is 11.9 Å². The molecule has 1 atom stereocenters. The predicted molar refractivity (Wildman–Crippen MR) is 98.6 cm³/mol. The molecule has 3 N–H and O–H groups in total. The molecule has 0 aliphatic carbocycles. The number of hydrogen-bond acceptors (Lipinski definition) is 3. The molecule has 24 heavy (non-hydrogen) atoms. The number of carbonyl (C=O) groups excluding carboxylic acids is 1. The highest BCUT2D eigenvalue weighted by Gasteiger charge is 2.05. The van der Waals surface area contributed by atoms with E-state index in [9.17, 15) is 4.79 Å². The zero-order valence-electron chi connectivity index (χ0n) is 15.2. The van der Waals surface area contributed by atoms with Gasteiger partial charge in [-0.2, -0.15) is 0 Å². The van der Waals surface area contributed by atoms with Crippen LogP contribution in [0.3, 0.4) is 0 Å². The van der Waals surface area contributed by atoms with Crippen LogP contribution in [0, 0.1) is 6.92 Å². The Balaban J connectivity index is 2.16. The second-order valence-corrected chi connectivity index (χ2v) is 5.71. The van der Waals surface area contributed by atoms with Crippen LogP contribution in [-0.2, 0) is 4.79 Å². The molecule has 0 fully saturated rings. The van der Waals surface area contributed by atoms with E-state index < -0.39 is 0 Å². The standard InChI is InChI=1S/C18H30N4O2/c1-5-15(3)22-17(23)10-11-20-18(19-4)21-12-13-24-16-8-6-14(2)7-9-16/h6-9,15H,5,10-13H2,1-4H3,(H,22,23)(H2,19,20,21). The lowest BCUT2D eigenvalue weighted by Gasteiger charge is -2.14. The minimum atomic E-state index is 0.0509. The average Bonchev–Trinajstić information content (AvgIpc) is 2.58. The Morgan fingerprint density at radius 1 is 1.21 bits per heavy atom. The summed E-state index contributed by atoms with van der Waals surface area (Å²) in [5.41, 5.74) is 1.21. The third kappa shape index (κ3) is 8.41. The van der Waals surface area contributed by atoms with Crippen molar-refractivity contribution in [2.75, 3.05) is 26.7 Å². The van der Waals surface area contributed by atoms with Crippen molar-refractivity contribution in [2.45, 2.75) is 39.7 Å². The van der Waals surface area contributed by atoms with Crippen molar-refractivity contribution < 1.29 is 9.53 Å². The summed E-state index contributed by atoms with van der Waals surface area (Å²) in [5, 5.41) is 9.22. The highest BCUT2D eigenvalue weighted by molar-refractivity contribution is 5.81. The number of benzene rings is 1. The van der Waals surface area contributed by atoms with Crippen LogP contribution in [0.15, 0.2) is 29.3 Å². The molecular formula is C18H30N4O2. The first-order valence-corrected chi connectivity index (χ1v) is 8.48. The van der Waals surface area contributed by atoms with Crippen LogP contribution < -0.4 is 20.7 Å². The SMILES string of the molecule is CCC(C)NC(=O)CCNC(=NC)NCCOc1ccc(C)cc1. The van der Waals surface area contributed by atoms with Crippen molar-refractivity contribution in [3.63, 3.8) is 0 Å². The molecule has 0 saturated carbocycles. The fraction of sp³-hybridized carbons (Fsp3) is 0.556. The first-order chi connectivity index (χ1) is 11.5. The van der Waals surface area contributed by atoms with Gasteiger partial charge in [0, 0.05) is 26.1 Å². The molecular weight excluding hydrogens is 304 g/mol. The van der Waals surface area contributed by atoms with E-state index in [0.29, 0.717) is 32.1 Å². The molecule has 0 bridgehead atoms. The Hall–Kier alpha value is -2.24. The lowest BCUT2D eigenvalue weighted by atomic mass is 10.2. The Labute approximate surface area is 145 Å². The van der Waals surface area contributed by atoms with E-state index in [1.165, 1.54) is 5.56 Å². The van der Waals surface area contributed by atoms with Crippen LogP contribution in [0.1, 0.15) is 32.3 Å². The van der Waals surface area contributed by atoms with Crippen molar-refractivity contribution in [2.24, 2.45) is 4.99 Å². The summed E-state index contributed by atoms with van der Waals surface area (Å²) in [6.45, 7) is 7.81. The van der Waals surface area contributed by atoms with Gasteiger partial charge in [0.05, 0.1) is 6.54 Å². The normalized spacial score (nSPS) is 12.4. The van der Waals surface area contributed by atoms with E-state index in [1.807, 2.05) is 45.0 Å². The maximum absolute atomic E-state index is 11.7. The number of guanidine groups is 1. The number of aryl methyl sites for hydroxylation is 1. The van der Waals surface area contributed by atoms with E-state index in [2.05, 4.69) is 20.9 Å². The number of ether oxygens (including phenoxy) is 1. The highest BCUT2D eigenvalue weighted by Crippen LogP contribution is 2.10. The maximum atomic E-state index is 11.7. The molecule has 6 nitrogen and oxygen atoms in total. The van der Waals surface area contributed by atoms with Gasteiger partial charge in [0.15, 0.2) is 5.96 Å². The van der Waals surface area contributed by atoms with E-state index in [0.717, 1.165) is 12.2 Å². The van der Waals surface area contributed by atoms with E-state index in [-0.39, 0.29) is 11.9 Å². The Kier molecular flexibility index (Phi) is 9.34. The lowest BCUT2D eigenvalue weighted by Crippen LogP contribution is -2.41. The van der Waals surface area contributed by atoms with Crippen molar-refractivity contribution in [1.82, 2.24) is 16.0 Å². The molecule has 1 amide bonds. The fourth-order valence-corrected chi connectivity index (χ4v) is 1.94. The Morgan fingerprint density at radius 3 is 2.50 bits per heavy atom. The molecule has 1 rings (SSSR count). The number of aliphatic imine (C=N–C) groups is 1. The first-order valence-electron chi connectivity index (χ1n) is 8.48. The van der Waals surface area contributed by atoms with E-state index in [4.69, 9.17) is 4.74 Å². The maximum Gasteiger partial charge on any atom is 0.221 e. The predicted octanol–water partition coefficient (Wildman–Crippen LogP) is 1.84. The van der Waals surface area contributed by atoms with Crippen LogP contribution in [0.5, 0.6) is 5.75 Å². The Morgan fingerprint density at radius 2 is 1.88 bits per heavy atom. The zero-order valence-corrected chi connectivity index (χ0v) is 15.2. The fourth-order valence-electron chi connectivity index (χ4n) is 1.94. The second-order valence-electron chi connectivity index (χ2n) is 5.71. The number of amides is 1. The van der Waals surface area contributed by atoms with Crippen LogP contribution in [0.4, 0.5) is 0 Å². The quantitative estimate of drug-likeness (QED) is 0.366. The van der Waals surface area contributed by atoms with Crippen molar-refractivity contribution in [3.8, 4) is 5.75 Å². The molecule has 1 aromatic carbocycles. The summed E-state index contributed by atoms with van der Waals surface area (Å²) in [6.07, 6.45) is 1.36. The van der Waals surface area contributed by atoms with Gasteiger partial charge in [-0.15, -0.1) is 0 Å². The third-order valence-corrected chi connectivity index (χ3v) is 3.57. The third-order valence-electron chi connectivity index (χ3n) is 3.57. The summed E-state index contributed by atoms with van der Waals surface area (Å²) in [4.78, 5) is 15.8. The first kappa shape index (κ1) is 19.8. The van der Waals surface area contributed by atoms with Crippen LogP contribution in [0.25, 0.3) is 0 Å². The average molecular weight is 334 g/mol. The zero-order chi connectivity index (χ0) is 17.8. The molecule has 134 valence electrons. The molecule has 0 aliphatic heterocycles. The van der Waals surface area contributed by atoms with Gasteiger partial charge in [0.2, 0.25) is 5.91 Å². The monoisotopic (exact) mass is 334 g/mol. The van der Waals surface area contributed by atoms with Gasteiger partial charge >= 0.3 is 0 Å². The van der Waals surface area contributed by atoms with E-state index in [1.54, 1.807) is 7.05 Å². The number of nitrogens with one attached hydrogen (secondary N) is 3. The molecule has 0 radical (unpaired) electrons.